The number of halogens is 1. The van der Waals surface area contributed by atoms with Crippen LogP contribution in [0.3, 0.4) is 0 Å². The van der Waals surface area contributed by atoms with Crippen molar-refractivity contribution in [2.75, 3.05) is 0 Å². The molecule has 98 valence electrons. The Balaban J connectivity index is 2.07. The van der Waals surface area contributed by atoms with Crippen molar-refractivity contribution in [2.24, 2.45) is 0 Å². The van der Waals surface area contributed by atoms with E-state index in [-0.39, 0.29) is 5.88 Å². The van der Waals surface area contributed by atoms with Crippen molar-refractivity contribution in [3.63, 3.8) is 0 Å². The van der Waals surface area contributed by atoms with Crippen LogP contribution in [0, 0.1) is 0 Å². The molecular weight excluding hydrogens is 320 g/mol. The van der Waals surface area contributed by atoms with Crippen LogP contribution in [0.5, 0.6) is 11.6 Å². The van der Waals surface area contributed by atoms with Gasteiger partial charge in [0.05, 0.1) is 17.3 Å². The van der Waals surface area contributed by atoms with Gasteiger partial charge in [-0.1, -0.05) is 18.2 Å². The molecule has 0 N–H and O–H groups in total. The van der Waals surface area contributed by atoms with E-state index < -0.39 is 0 Å². The fourth-order valence-corrected chi connectivity index (χ4v) is 2.18. The number of pyridine rings is 2. The molecule has 0 saturated heterocycles. The smallest absolute Gasteiger partial charge is 0.230 e. The van der Waals surface area contributed by atoms with Gasteiger partial charge in [-0.3, -0.25) is 9.78 Å². The molecule has 3 aromatic rings. The van der Waals surface area contributed by atoms with Gasteiger partial charge in [-0.05, 0) is 34.1 Å². The highest BCUT2D eigenvalue weighted by Gasteiger charge is 2.09. The minimum atomic E-state index is 0.276. The number of nitrogens with zero attached hydrogens (tertiary/aromatic N) is 2. The number of rotatable bonds is 3. The van der Waals surface area contributed by atoms with Gasteiger partial charge >= 0.3 is 0 Å². The van der Waals surface area contributed by atoms with Crippen molar-refractivity contribution in [3.8, 4) is 11.6 Å². The highest BCUT2D eigenvalue weighted by atomic mass is 79.9. The normalized spacial score (nSPS) is 10.4. The summed E-state index contributed by atoms with van der Waals surface area (Å²) in [5, 5.41) is 0.898. The molecule has 0 bridgehead atoms. The number of hydrogen-bond acceptors (Lipinski definition) is 4. The zero-order valence-corrected chi connectivity index (χ0v) is 11.9. The average Bonchev–Trinajstić information content (AvgIpc) is 2.46. The van der Waals surface area contributed by atoms with Crippen LogP contribution in [0.15, 0.2) is 53.3 Å². The molecule has 20 heavy (non-hydrogen) atoms. The predicted molar refractivity (Wildman–Crippen MR) is 79.1 cm³/mol. The van der Waals surface area contributed by atoms with Crippen LogP contribution in [0.25, 0.3) is 10.9 Å². The lowest BCUT2D eigenvalue weighted by atomic mass is 10.1. The van der Waals surface area contributed by atoms with E-state index in [1.54, 1.807) is 24.5 Å². The molecule has 0 unspecified atom stereocenters. The molecule has 0 radical (unpaired) electrons. The van der Waals surface area contributed by atoms with Crippen molar-refractivity contribution in [1.82, 2.24) is 9.97 Å². The number of aromatic nitrogens is 2. The number of para-hydroxylation sites is 1. The molecule has 0 saturated carbocycles. The molecule has 2 heterocycles. The number of hydrogen-bond donors (Lipinski definition) is 0. The van der Waals surface area contributed by atoms with Gasteiger partial charge in [0.2, 0.25) is 5.88 Å². The first-order valence-electron chi connectivity index (χ1n) is 5.89. The Morgan fingerprint density at radius 3 is 2.80 bits per heavy atom. The molecule has 5 heteroatoms. The van der Waals surface area contributed by atoms with Gasteiger partial charge in [0.25, 0.3) is 0 Å². The van der Waals surface area contributed by atoms with Gasteiger partial charge in [-0.25, -0.2) is 4.98 Å². The van der Waals surface area contributed by atoms with E-state index in [0.29, 0.717) is 11.3 Å². The van der Waals surface area contributed by atoms with Gasteiger partial charge in [0.1, 0.15) is 5.75 Å². The van der Waals surface area contributed by atoms with Crippen LogP contribution in [0.2, 0.25) is 0 Å². The quantitative estimate of drug-likeness (QED) is 0.682. The van der Waals surface area contributed by atoms with Gasteiger partial charge in [0.15, 0.2) is 6.29 Å². The van der Waals surface area contributed by atoms with E-state index >= 15 is 0 Å². The molecule has 0 aliphatic rings. The van der Waals surface area contributed by atoms with Crippen LogP contribution >= 0.6 is 15.9 Å². The van der Waals surface area contributed by atoms with Crippen molar-refractivity contribution in [2.45, 2.75) is 0 Å². The first kappa shape index (κ1) is 12.7. The summed E-state index contributed by atoms with van der Waals surface area (Å²) in [6, 6.07) is 11.1. The molecule has 1 aromatic carbocycles. The summed E-state index contributed by atoms with van der Waals surface area (Å²) in [6.07, 6.45) is 3.96. The highest BCUT2D eigenvalue weighted by Crippen LogP contribution is 2.26. The third kappa shape index (κ3) is 2.53. The monoisotopic (exact) mass is 328 g/mol. The Morgan fingerprint density at radius 1 is 1.15 bits per heavy atom. The van der Waals surface area contributed by atoms with Gasteiger partial charge in [-0.15, -0.1) is 0 Å². The van der Waals surface area contributed by atoms with E-state index in [4.69, 9.17) is 4.74 Å². The van der Waals surface area contributed by atoms with Crippen LogP contribution in [0.4, 0.5) is 0 Å². The maximum atomic E-state index is 11.2. The van der Waals surface area contributed by atoms with Gasteiger partial charge in [0, 0.05) is 16.1 Å². The lowest BCUT2D eigenvalue weighted by Crippen LogP contribution is -1.95. The minimum absolute atomic E-state index is 0.276. The zero-order chi connectivity index (χ0) is 13.9. The number of fused-ring (bicyclic) bond motifs is 1. The van der Waals surface area contributed by atoms with Gasteiger partial charge < -0.3 is 4.74 Å². The Labute approximate surface area is 123 Å². The number of carbonyl (C=O) groups is 1. The van der Waals surface area contributed by atoms with Crippen molar-refractivity contribution in [1.29, 1.82) is 0 Å². The van der Waals surface area contributed by atoms with E-state index in [1.165, 1.54) is 0 Å². The Hall–Kier alpha value is -2.27. The Bertz CT molecular complexity index is 790. The summed E-state index contributed by atoms with van der Waals surface area (Å²) < 4.78 is 6.45. The molecule has 0 fully saturated rings. The summed E-state index contributed by atoms with van der Waals surface area (Å²) in [4.78, 5) is 19.6. The Kier molecular flexibility index (Phi) is 3.43. The summed E-state index contributed by atoms with van der Waals surface area (Å²) in [5.74, 6) is 0.795. The fraction of sp³-hybridized carbons (Fsp3) is 0. The van der Waals surface area contributed by atoms with E-state index in [1.807, 2.05) is 24.3 Å². The van der Waals surface area contributed by atoms with E-state index in [2.05, 4.69) is 25.9 Å². The highest BCUT2D eigenvalue weighted by molar-refractivity contribution is 9.10. The maximum absolute atomic E-state index is 11.2. The zero-order valence-electron chi connectivity index (χ0n) is 10.3. The topological polar surface area (TPSA) is 52.1 Å². The van der Waals surface area contributed by atoms with Crippen LogP contribution in [0.1, 0.15) is 10.4 Å². The van der Waals surface area contributed by atoms with Crippen LogP contribution in [-0.2, 0) is 0 Å². The lowest BCUT2D eigenvalue weighted by Gasteiger charge is -2.08. The number of carbonyl (C=O) groups excluding carboxylic acids is 1. The van der Waals surface area contributed by atoms with Crippen LogP contribution in [-0.4, -0.2) is 16.3 Å². The molecule has 0 amide bonds. The van der Waals surface area contributed by atoms with Crippen LogP contribution < -0.4 is 4.74 Å². The van der Waals surface area contributed by atoms with E-state index in [0.717, 1.165) is 21.7 Å². The fourth-order valence-electron chi connectivity index (χ4n) is 1.84. The number of ether oxygens (including phenoxy) is 1. The number of aldehydes is 1. The maximum Gasteiger partial charge on any atom is 0.230 e. The van der Waals surface area contributed by atoms with Crippen molar-refractivity contribution < 1.29 is 9.53 Å². The second-order valence-electron chi connectivity index (χ2n) is 4.13. The predicted octanol–water partition coefficient (Wildman–Crippen LogP) is 4.00. The lowest BCUT2D eigenvalue weighted by molar-refractivity contribution is 0.112. The largest absolute Gasteiger partial charge is 0.437 e. The van der Waals surface area contributed by atoms with Crippen molar-refractivity contribution >= 4 is 33.1 Å². The molecule has 0 spiro atoms. The molecule has 0 aliphatic heterocycles. The van der Waals surface area contributed by atoms with Crippen molar-refractivity contribution in [3.05, 3.63) is 58.8 Å². The minimum Gasteiger partial charge on any atom is -0.437 e. The standard InChI is InChI=1S/C15H9BrN2O2/c16-12-6-13(8-17-7-12)20-15-11(9-19)5-10-3-1-2-4-14(10)18-15/h1-9H. The molecule has 0 atom stereocenters. The molecule has 2 aromatic heterocycles. The first-order valence-corrected chi connectivity index (χ1v) is 6.69. The summed E-state index contributed by atoms with van der Waals surface area (Å²) in [5.41, 5.74) is 1.18. The second kappa shape index (κ2) is 5.38. The van der Waals surface area contributed by atoms with Gasteiger partial charge in [-0.2, -0.15) is 0 Å². The molecule has 0 aliphatic carbocycles. The van der Waals surface area contributed by atoms with E-state index in [9.17, 15) is 4.79 Å². The molecular formula is C15H9BrN2O2. The third-order valence-electron chi connectivity index (χ3n) is 2.74. The number of benzene rings is 1. The average molecular weight is 329 g/mol. The summed E-state index contributed by atoms with van der Waals surface area (Å²) in [7, 11) is 0. The first-order chi connectivity index (χ1) is 9.76. The SMILES string of the molecule is O=Cc1cc2ccccc2nc1Oc1cncc(Br)c1. The molecule has 4 nitrogen and oxygen atoms in total. The third-order valence-corrected chi connectivity index (χ3v) is 3.17. The summed E-state index contributed by atoms with van der Waals surface area (Å²) in [6.45, 7) is 0. The second-order valence-corrected chi connectivity index (χ2v) is 5.05. The Morgan fingerprint density at radius 2 is 2.00 bits per heavy atom. The summed E-state index contributed by atoms with van der Waals surface area (Å²) >= 11 is 3.32. The molecule has 3 rings (SSSR count).